The first kappa shape index (κ1) is 48.5. The Hall–Kier alpha value is -6.53. The van der Waals surface area contributed by atoms with Crippen molar-refractivity contribution in [2.24, 2.45) is 11.8 Å². The van der Waals surface area contributed by atoms with Crippen LogP contribution in [0.4, 0.5) is 34.1 Å². The Morgan fingerprint density at radius 1 is 0.614 bits per heavy atom. The molecule has 2 aromatic heterocycles. The van der Waals surface area contributed by atoms with E-state index >= 15 is 13.2 Å². The maximum absolute atomic E-state index is 16.8. The molecule has 0 saturated carbocycles. The average Bonchev–Trinajstić information content (AvgIpc) is 4.20. The summed E-state index contributed by atoms with van der Waals surface area (Å²) < 4.78 is 59.2. The second-order valence-corrected chi connectivity index (χ2v) is 19.8. The molecule has 0 spiro atoms. The van der Waals surface area contributed by atoms with Crippen LogP contribution < -0.4 is 20.4 Å². The molecule has 4 aliphatic heterocycles. The van der Waals surface area contributed by atoms with E-state index in [9.17, 15) is 19.2 Å². The Balaban J connectivity index is 1.05. The van der Waals surface area contributed by atoms with Gasteiger partial charge in [-0.15, -0.1) is 0 Å². The molecule has 16 nitrogen and oxygen atoms in total. The van der Waals surface area contributed by atoms with Crippen molar-refractivity contribution in [2.75, 3.05) is 50.2 Å². The van der Waals surface area contributed by atoms with E-state index in [1.54, 1.807) is 20.8 Å². The number of H-pyrrole nitrogens is 2. The molecule has 6 atom stereocenters. The number of carbonyl (C=O) groups is 4. The lowest BCUT2D eigenvalue weighted by atomic mass is 10.0. The number of amides is 4. The molecule has 374 valence electrons. The van der Waals surface area contributed by atoms with E-state index in [2.05, 4.69) is 20.6 Å². The summed E-state index contributed by atoms with van der Waals surface area (Å²) in [6, 6.07) is 8.11. The van der Waals surface area contributed by atoms with Gasteiger partial charge in [0.25, 0.3) is 0 Å². The topological polar surface area (TPSA) is 181 Å². The minimum Gasteiger partial charge on any atom is -0.453 e. The first-order chi connectivity index (χ1) is 33.6. The molecule has 70 heavy (non-hydrogen) atoms. The predicted octanol–water partition coefficient (Wildman–Crippen LogP) is 9.02. The number of fused-ring (bicyclic) bond motifs is 2. The van der Waals surface area contributed by atoms with Gasteiger partial charge in [-0.05, 0) is 106 Å². The third-order valence-corrected chi connectivity index (χ3v) is 14.7. The lowest BCUT2D eigenvalue weighted by molar-refractivity contribution is -0.136. The highest BCUT2D eigenvalue weighted by Gasteiger charge is 2.42. The molecular weight excluding hydrogens is 906 g/mol. The molecule has 6 heterocycles. The third kappa shape index (κ3) is 9.30. The van der Waals surface area contributed by atoms with Gasteiger partial charge < -0.3 is 49.7 Å². The molecule has 5 aromatic rings. The molecule has 3 aromatic carbocycles. The van der Waals surface area contributed by atoms with Crippen LogP contribution in [0.15, 0.2) is 42.5 Å². The Kier molecular flexibility index (Phi) is 13.9. The normalized spacial score (nSPS) is 21.6. The number of methoxy groups -OCH3 is 2. The zero-order valence-electron chi connectivity index (χ0n) is 40.6. The summed E-state index contributed by atoms with van der Waals surface area (Å²) in [6.45, 7) is 9.47. The summed E-state index contributed by atoms with van der Waals surface area (Å²) >= 11 is 0. The molecule has 4 saturated heterocycles. The Labute approximate surface area is 405 Å². The van der Waals surface area contributed by atoms with E-state index in [0.717, 1.165) is 31.2 Å². The Bertz CT molecular complexity index is 2750. The van der Waals surface area contributed by atoms with Gasteiger partial charge in [-0.25, -0.2) is 32.7 Å². The lowest BCUT2D eigenvalue weighted by Gasteiger charge is -2.35. The lowest BCUT2D eigenvalue weighted by Crippen LogP contribution is -2.51. The maximum Gasteiger partial charge on any atom is 0.407 e. The van der Waals surface area contributed by atoms with Crippen molar-refractivity contribution < 1.29 is 41.8 Å². The van der Waals surface area contributed by atoms with Crippen molar-refractivity contribution >= 4 is 57.4 Å². The number of halogens is 3. The zero-order chi connectivity index (χ0) is 49.5. The smallest absolute Gasteiger partial charge is 0.407 e. The number of alkyl carbamates (subject to hydrolysis) is 2. The molecule has 4 N–H and O–H groups in total. The van der Waals surface area contributed by atoms with E-state index in [-0.39, 0.29) is 41.1 Å². The minimum absolute atomic E-state index is 0.0554. The fourth-order valence-corrected chi connectivity index (χ4v) is 11.2. The van der Waals surface area contributed by atoms with Gasteiger partial charge in [0, 0.05) is 43.5 Å². The number of benzene rings is 3. The summed E-state index contributed by atoms with van der Waals surface area (Å²) in [4.78, 5) is 75.9. The van der Waals surface area contributed by atoms with Crippen LogP contribution in [0, 0.1) is 29.3 Å². The number of aromatic amines is 2. The largest absolute Gasteiger partial charge is 0.453 e. The SMILES string of the molecule is COC(=O)NC(C(=O)N1CCC[C@H]1c1nc2cc(F)c([C@H]3CC[C@H](c4ccc5nc([C@@H]6CCCN6C(=O)[C@@H](NC(=O)OC)C(C)C)[nH]c5c4)N3c3cc(F)c(N4CCCCC4)c(F)c3)cc2[nH]1)C(C)C. The van der Waals surface area contributed by atoms with Crippen LogP contribution in [0.2, 0.25) is 0 Å². The van der Waals surface area contributed by atoms with Gasteiger partial charge in [0.2, 0.25) is 11.8 Å². The quantitative estimate of drug-likeness (QED) is 0.0942. The molecule has 4 amide bonds. The number of likely N-dealkylation sites (tertiary alicyclic amines) is 2. The van der Waals surface area contributed by atoms with E-state index < -0.39 is 59.8 Å². The second kappa shape index (κ2) is 20.1. The summed E-state index contributed by atoms with van der Waals surface area (Å²) in [5, 5.41) is 5.36. The molecule has 1 unspecified atom stereocenters. The number of hydrogen-bond donors (Lipinski definition) is 4. The highest BCUT2D eigenvalue weighted by Crippen LogP contribution is 2.49. The number of carbonyl (C=O) groups excluding carboxylic acids is 4. The number of aromatic nitrogens is 4. The van der Waals surface area contributed by atoms with E-state index in [4.69, 9.17) is 19.4 Å². The number of ether oxygens (including phenoxy) is 2. The van der Waals surface area contributed by atoms with Crippen LogP contribution in [-0.4, -0.2) is 106 Å². The van der Waals surface area contributed by atoms with Crippen molar-refractivity contribution in [1.29, 1.82) is 0 Å². The molecule has 19 heteroatoms. The monoisotopic (exact) mass is 968 g/mol. The molecule has 4 fully saturated rings. The van der Waals surface area contributed by atoms with Gasteiger partial charge in [0.15, 0.2) is 11.6 Å². The van der Waals surface area contributed by atoms with Crippen LogP contribution in [-0.2, 0) is 19.1 Å². The van der Waals surface area contributed by atoms with E-state index in [1.165, 1.54) is 32.4 Å². The maximum atomic E-state index is 16.8. The van der Waals surface area contributed by atoms with Crippen LogP contribution in [0.5, 0.6) is 0 Å². The summed E-state index contributed by atoms with van der Waals surface area (Å²) in [7, 11) is 2.51. The van der Waals surface area contributed by atoms with Crippen LogP contribution in [0.25, 0.3) is 22.1 Å². The van der Waals surface area contributed by atoms with Gasteiger partial charge >= 0.3 is 12.2 Å². The molecule has 4 aliphatic rings. The standard InChI is InChI=1S/C51H63F3N10O6/c1-27(2)43(59-50(67)69-5)48(65)62-20-10-12-41(62)46-55-35-15-14-29(22-36(35)56-46)39-16-17-40(64(39)30-23-33(53)45(34(54)24-30)61-18-8-7-9-19-61)31-25-37-38(26-32(31)52)58-47(57-37)42-13-11-21-63(42)49(66)44(28(3)4)60-51(68)70-6/h14-15,22-28,39-44H,7-13,16-21H2,1-6H3,(H,55,56)(H,57,58)(H,59,67)(H,60,68)/t39-,40-,41+,42+,43+,44?/m1/s1. The van der Waals surface area contributed by atoms with Gasteiger partial charge in [0.1, 0.15) is 35.2 Å². The molecule has 9 rings (SSSR count). The summed E-state index contributed by atoms with van der Waals surface area (Å²) in [5.41, 5.74) is 3.67. The van der Waals surface area contributed by atoms with Gasteiger partial charge in [-0.1, -0.05) is 33.8 Å². The number of nitrogens with one attached hydrogen (secondary N) is 4. The number of anilines is 2. The molecule has 0 radical (unpaired) electrons. The Morgan fingerprint density at radius 3 is 1.69 bits per heavy atom. The predicted molar refractivity (Wildman–Crippen MR) is 257 cm³/mol. The first-order valence-electron chi connectivity index (χ1n) is 24.7. The van der Waals surface area contributed by atoms with Crippen molar-refractivity contribution in [3.8, 4) is 0 Å². The fourth-order valence-electron chi connectivity index (χ4n) is 11.2. The Morgan fingerprint density at radius 2 is 1.14 bits per heavy atom. The number of hydrogen-bond acceptors (Lipinski definition) is 10. The van der Waals surface area contributed by atoms with Crippen LogP contribution in [0.3, 0.4) is 0 Å². The van der Waals surface area contributed by atoms with Crippen LogP contribution >= 0.6 is 0 Å². The van der Waals surface area contributed by atoms with Crippen molar-refractivity contribution in [3.63, 3.8) is 0 Å². The molecule has 0 bridgehead atoms. The van der Waals surface area contributed by atoms with Crippen LogP contribution in [0.1, 0.15) is 132 Å². The summed E-state index contributed by atoms with van der Waals surface area (Å²) in [6.07, 6.45) is 4.99. The van der Waals surface area contributed by atoms with E-state index in [1.807, 2.05) is 50.8 Å². The number of rotatable bonds is 12. The third-order valence-electron chi connectivity index (χ3n) is 14.7. The number of imidazole rings is 2. The fraction of sp³-hybridized carbons (Fsp3) is 0.529. The van der Waals surface area contributed by atoms with Gasteiger partial charge in [-0.2, -0.15) is 0 Å². The van der Waals surface area contributed by atoms with Crippen molar-refractivity contribution in [3.05, 3.63) is 82.7 Å². The summed E-state index contributed by atoms with van der Waals surface area (Å²) in [5.74, 6) is -1.70. The van der Waals surface area contributed by atoms with Gasteiger partial charge in [-0.3, -0.25) is 9.59 Å². The minimum atomic E-state index is -0.823. The highest BCUT2D eigenvalue weighted by atomic mass is 19.1. The molecule has 0 aliphatic carbocycles. The average molecular weight is 969 g/mol. The van der Waals surface area contributed by atoms with Gasteiger partial charge in [0.05, 0.1) is 60.5 Å². The highest BCUT2D eigenvalue weighted by molar-refractivity contribution is 5.88. The number of nitrogens with zero attached hydrogens (tertiary/aromatic N) is 6. The van der Waals surface area contributed by atoms with Crippen molar-refractivity contribution in [1.82, 2.24) is 40.4 Å². The van der Waals surface area contributed by atoms with E-state index in [0.29, 0.717) is 97.6 Å². The first-order valence-corrected chi connectivity index (χ1v) is 24.7. The second-order valence-electron chi connectivity index (χ2n) is 19.8. The number of piperidine rings is 1. The van der Waals surface area contributed by atoms with Crippen molar-refractivity contribution in [2.45, 2.75) is 122 Å². The molecular formula is C51H63F3N10O6. The zero-order valence-corrected chi connectivity index (χ0v) is 40.6.